The van der Waals surface area contributed by atoms with E-state index >= 15 is 0 Å². The average molecular weight is 394 g/mol. The van der Waals surface area contributed by atoms with E-state index in [0.29, 0.717) is 13.0 Å². The molecule has 2 aromatic carbocycles. The first-order chi connectivity index (χ1) is 14.0. The van der Waals surface area contributed by atoms with Crippen molar-refractivity contribution >= 4 is 17.5 Å². The number of para-hydroxylation sites is 1. The van der Waals surface area contributed by atoms with Gasteiger partial charge < -0.3 is 10.6 Å². The Hall–Kier alpha value is -2.66. The molecule has 0 radical (unpaired) electrons. The summed E-state index contributed by atoms with van der Waals surface area (Å²) in [6.45, 7) is 6.05. The molecule has 5 heteroatoms. The van der Waals surface area contributed by atoms with Crippen molar-refractivity contribution in [2.45, 2.75) is 45.6 Å². The molecule has 0 aliphatic carbocycles. The fourth-order valence-corrected chi connectivity index (χ4v) is 3.83. The number of aryl methyl sites for hydroxylation is 3. The van der Waals surface area contributed by atoms with Crippen LogP contribution in [-0.4, -0.2) is 42.4 Å². The molecule has 1 saturated heterocycles. The molecule has 0 saturated carbocycles. The predicted octanol–water partition coefficient (Wildman–Crippen LogP) is 3.46. The first kappa shape index (κ1) is 21.1. The third kappa shape index (κ3) is 6.43. The van der Waals surface area contributed by atoms with Crippen LogP contribution < -0.4 is 10.6 Å². The van der Waals surface area contributed by atoms with Crippen LogP contribution in [0.3, 0.4) is 0 Å². The number of amides is 2. The monoisotopic (exact) mass is 393 g/mol. The molecule has 3 rings (SSSR count). The number of benzene rings is 2. The van der Waals surface area contributed by atoms with Crippen molar-refractivity contribution in [2.24, 2.45) is 0 Å². The van der Waals surface area contributed by atoms with E-state index in [9.17, 15) is 9.59 Å². The second-order valence-electron chi connectivity index (χ2n) is 7.92. The van der Waals surface area contributed by atoms with Gasteiger partial charge in [0.15, 0.2) is 0 Å². The lowest BCUT2D eigenvalue weighted by Crippen LogP contribution is -2.46. The van der Waals surface area contributed by atoms with Gasteiger partial charge in [-0.25, -0.2) is 0 Å². The number of carbonyl (C=O) groups is 2. The number of hydrogen-bond donors (Lipinski definition) is 2. The number of nitrogens with zero attached hydrogens (tertiary/aromatic N) is 1. The van der Waals surface area contributed by atoms with Gasteiger partial charge in [0.1, 0.15) is 0 Å². The van der Waals surface area contributed by atoms with E-state index in [4.69, 9.17) is 0 Å². The summed E-state index contributed by atoms with van der Waals surface area (Å²) in [5, 5.41) is 6.20. The second-order valence-corrected chi connectivity index (χ2v) is 7.92. The maximum atomic E-state index is 12.4. The fourth-order valence-electron chi connectivity index (χ4n) is 3.83. The van der Waals surface area contributed by atoms with Gasteiger partial charge in [0.2, 0.25) is 11.8 Å². The smallest absolute Gasteiger partial charge is 0.238 e. The predicted molar refractivity (Wildman–Crippen MR) is 117 cm³/mol. The van der Waals surface area contributed by atoms with Gasteiger partial charge in [-0.1, -0.05) is 48.5 Å². The Bertz CT molecular complexity index is 807. The highest BCUT2D eigenvalue weighted by Gasteiger charge is 2.22. The molecule has 0 spiro atoms. The van der Waals surface area contributed by atoms with Crippen molar-refractivity contribution in [3.05, 3.63) is 65.2 Å². The van der Waals surface area contributed by atoms with Gasteiger partial charge in [0.25, 0.3) is 0 Å². The standard InChI is InChI=1S/C24H31N3O2/c1-18-7-6-8-19(2)24(18)26-23(29)17-27-15-13-21(14-16-27)25-22(28)12-11-20-9-4-3-5-10-20/h3-10,21H,11-17H2,1-2H3,(H,25,28)(H,26,29). The van der Waals surface area contributed by atoms with Crippen molar-refractivity contribution in [3.8, 4) is 0 Å². The molecule has 0 aromatic heterocycles. The zero-order chi connectivity index (χ0) is 20.6. The van der Waals surface area contributed by atoms with Gasteiger partial charge in [-0.3, -0.25) is 14.5 Å². The van der Waals surface area contributed by atoms with Crippen LogP contribution in [0.1, 0.15) is 36.0 Å². The molecule has 1 heterocycles. The van der Waals surface area contributed by atoms with Crippen LogP contribution in [0.2, 0.25) is 0 Å². The minimum Gasteiger partial charge on any atom is -0.353 e. The molecule has 1 fully saturated rings. The Kier molecular flexibility index (Phi) is 7.42. The largest absolute Gasteiger partial charge is 0.353 e. The van der Waals surface area contributed by atoms with E-state index in [-0.39, 0.29) is 17.9 Å². The maximum Gasteiger partial charge on any atom is 0.238 e. The van der Waals surface area contributed by atoms with Crippen molar-refractivity contribution in [3.63, 3.8) is 0 Å². The summed E-state index contributed by atoms with van der Waals surface area (Å²) in [6, 6.07) is 16.3. The molecule has 2 amide bonds. The summed E-state index contributed by atoms with van der Waals surface area (Å²) in [4.78, 5) is 26.8. The quantitative estimate of drug-likeness (QED) is 0.757. The second kappa shape index (κ2) is 10.2. The van der Waals surface area contributed by atoms with Crippen LogP contribution in [0.25, 0.3) is 0 Å². The van der Waals surface area contributed by atoms with Crippen LogP contribution in [-0.2, 0) is 16.0 Å². The topological polar surface area (TPSA) is 61.4 Å². The number of anilines is 1. The molecular formula is C24H31N3O2. The highest BCUT2D eigenvalue weighted by molar-refractivity contribution is 5.93. The molecule has 1 aliphatic rings. The Labute approximate surface area is 173 Å². The molecule has 5 nitrogen and oxygen atoms in total. The molecule has 2 N–H and O–H groups in total. The lowest BCUT2D eigenvalue weighted by molar-refractivity contribution is -0.122. The van der Waals surface area contributed by atoms with Crippen molar-refractivity contribution in [2.75, 3.05) is 25.0 Å². The van der Waals surface area contributed by atoms with Gasteiger partial charge in [-0.15, -0.1) is 0 Å². The first-order valence-electron chi connectivity index (χ1n) is 10.4. The lowest BCUT2D eigenvalue weighted by Gasteiger charge is -2.32. The minimum absolute atomic E-state index is 0.0211. The zero-order valence-electron chi connectivity index (χ0n) is 17.4. The van der Waals surface area contributed by atoms with Crippen molar-refractivity contribution in [1.82, 2.24) is 10.2 Å². The van der Waals surface area contributed by atoms with Crippen LogP contribution in [0.5, 0.6) is 0 Å². The minimum atomic E-state index is 0.0211. The summed E-state index contributed by atoms with van der Waals surface area (Å²) >= 11 is 0. The van der Waals surface area contributed by atoms with Gasteiger partial charge in [-0.05, 0) is 49.8 Å². The van der Waals surface area contributed by atoms with E-state index in [2.05, 4.69) is 27.7 Å². The summed E-state index contributed by atoms with van der Waals surface area (Å²) < 4.78 is 0. The van der Waals surface area contributed by atoms with Gasteiger partial charge in [0, 0.05) is 31.2 Å². The summed E-state index contributed by atoms with van der Waals surface area (Å²) in [7, 11) is 0. The molecule has 1 aliphatic heterocycles. The average Bonchev–Trinajstić information content (AvgIpc) is 2.72. The Morgan fingerprint density at radius 3 is 2.24 bits per heavy atom. The molecule has 2 aromatic rings. The van der Waals surface area contributed by atoms with E-state index in [1.807, 2.05) is 50.2 Å². The summed E-state index contributed by atoms with van der Waals surface area (Å²) in [5.74, 6) is 0.132. The van der Waals surface area contributed by atoms with Gasteiger partial charge in [-0.2, -0.15) is 0 Å². The number of rotatable bonds is 7. The third-order valence-corrected chi connectivity index (χ3v) is 5.55. The van der Waals surface area contributed by atoms with E-state index in [1.165, 1.54) is 5.56 Å². The fraction of sp³-hybridized carbons (Fsp3) is 0.417. The highest BCUT2D eigenvalue weighted by Crippen LogP contribution is 2.19. The SMILES string of the molecule is Cc1cccc(C)c1NC(=O)CN1CCC(NC(=O)CCc2ccccc2)CC1. The molecule has 154 valence electrons. The first-order valence-corrected chi connectivity index (χ1v) is 10.4. The normalized spacial score (nSPS) is 15.1. The van der Waals surface area contributed by atoms with Gasteiger partial charge >= 0.3 is 0 Å². The van der Waals surface area contributed by atoms with E-state index < -0.39 is 0 Å². The van der Waals surface area contributed by atoms with Crippen LogP contribution >= 0.6 is 0 Å². The molecule has 0 atom stereocenters. The van der Waals surface area contributed by atoms with Crippen molar-refractivity contribution < 1.29 is 9.59 Å². The van der Waals surface area contributed by atoms with E-state index in [1.54, 1.807) is 0 Å². The number of hydrogen-bond acceptors (Lipinski definition) is 3. The highest BCUT2D eigenvalue weighted by atomic mass is 16.2. The number of nitrogens with one attached hydrogen (secondary N) is 2. The molecule has 29 heavy (non-hydrogen) atoms. The lowest BCUT2D eigenvalue weighted by atomic mass is 10.0. The summed E-state index contributed by atoms with van der Waals surface area (Å²) in [5.41, 5.74) is 4.26. The van der Waals surface area contributed by atoms with Gasteiger partial charge in [0.05, 0.1) is 6.54 Å². The molecule has 0 bridgehead atoms. The maximum absolute atomic E-state index is 12.4. The Morgan fingerprint density at radius 2 is 1.59 bits per heavy atom. The van der Waals surface area contributed by atoms with E-state index in [0.717, 1.165) is 49.2 Å². The number of carbonyl (C=O) groups excluding carboxylic acids is 2. The molecule has 0 unspecified atom stereocenters. The number of likely N-dealkylation sites (tertiary alicyclic amines) is 1. The Balaban J connectivity index is 1.37. The number of piperidine rings is 1. The van der Waals surface area contributed by atoms with Crippen LogP contribution in [0, 0.1) is 13.8 Å². The molecular weight excluding hydrogens is 362 g/mol. The van der Waals surface area contributed by atoms with Crippen LogP contribution in [0.15, 0.2) is 48.5 Å². The van der Waals surface area contributed by atoms with Crippen molar-refractivity contribution in [1.29, 1.82) is 0 Å². The third-order valence-electron chi connectivity index (χ3n) is 5.55. The van der Waals surface area contributed by atoms with Crippen LogP contribution in [0.4, 0.5) is 5.69 Å². The summed E-state index contributed by atoms with van der Waals surface area (Å²) in [6.07, 6.45) is 3.05. The Morgan fingerprint density at radius 1 is 0.931 bits per heavy atom. The zero-order valence-corrected chi connectivity index (χ0v) is 17.4.